The van der Waals surface area contributed by atoms with Crippen LogP contribution in [0.4, 0.5) is 0 Å². The van der Waals surface area contributed by atoms with E-state index < -0.39 is 9.84 Å². The Labute approximate surface area is 108 Å². The van der Waals surface area contributed by atoms with Gasteiger partial charge in [0.15, 0.2) is 6.29 Å². The number of aldehydes is 1. The Balaban J connectivity index is 2.64. The van der Waals surface area contributed by atoms with Crippen LogP contribution < -0.4 is 0 Å². The third kappa shape index (κ3) is 2.26. The Kier molecular flexibility index (Phi) is 3.33. The second-order valence-electron chi connectivity index (χ2n) is 3.21. The van der Waals surface area contributed by atoms with E-state index in [1.54, 1.807) is 18.2 Å². The summed E-state index contributed by atoms with van der Waals surface area (Å²) in [7, 11) is -3.67. The van der Waals surface area contributed by atoms with Gasteiger partial charge < -0.3 is 0 Å². The molecule has 2 rings (SSSR count). The van der Waals surface area contributed by atoms with Crippen LogP contribution in [0.1, 0.15) is 9.67 Å². The van der Waals surface area contributed by atoms with E-state index in [9.17, 15) is 13.2 Å². The molecule has 0 aliphatic heterocycles. The van der Waals surface area contributed by atoms with Crippen molar-refractivity contribution in [2.75, 3.05) is 0 Å². The highest BCUT2D eigenvalue weighted by Crippen LogP contribution is 2.32. The van der Waals surface area contributed by atoms with Gasteiger partial charge in [0.1, 0.15) is 0 Å². The van der Waals surface area contributed by atoms with E-state index in [-0.39, 0.29) is 19.0 Å². The number of thiophene rings is 1. The van der Waals surface area contributed by atoms with Gasteiger partial charge in [0.25, 0.3) is 0 Å². The molecule has 0 unspecified atom stereocenters. The van der Waals surface area contributed by atoms with Crippen LogP contribution in [0.15, 0.2) is 46.2 Å². The van der Waals surface area contributed by atoms with E-state index in [0.29, 0.717) is 6.29 Å². The average Bonchev–Trinajstić information content (AvgIpc) is 2.72. The second-order valence-corrected chi connectivity index (χ2v) is 6.85. The van der Waals surface area contributed by atoms with E-state index in [0.717, 1.165) is 11.3 Å². The maximum atomic E-state index is 12.2. The van der Waals surface area contributed by atoms with Crippen molar-refractivity contribution in [3.63, 3.8) is 0 Å². The molecule has 1 aromatic heterocycles. The Morgan fingerprint density at radius 2 is 1.82 bits per heavy atom. The molecule has 3 nitrogen and oxygen atoms in total. The van der Waals surface area contributed by atoms with Crippen LogP contribution in [0.5, 0.6) is 0 Å². The molecule has 0 bridgehead atoms. The quantitative estimate of drug-likeness (QED) is 0.815. The number of hydrogen-bond acceptors (Lipinski definition) is 4. The fourth-order valence-corrected chi connectivity index (χ4v) is 4.28. The van der Waals surface area contributed by atoms with Crippen molar-refractivity contribution in [2.45, 2.75) is 9.79 Å². The highest BCUT2D eigenvalue weighted by atomic mass is 35.5. The topological polar surface area (TPSA) is 51.2 Å². The molecule has 0 aliphatic rings. The Bertz CT molecular complexity index is 645. The molecule has 0 amide bonds. The van der Waals surface area contributed by atoms with Crippen molar-refractivity contribution < 1.29 is 13.2 Å². The fourth-order valence-electron chi connectivity index (χ4n) is 1.38. The van der Waals surface area contributed by atoms with Crippen molar-refractivity contribution in [3.05, 3.63) is 45.6 Å². The predicted molar refractivity (Wildman–Crippen MR) is 66.6 cm³/mol. The van der Waals surface area contributed by atoms with Crippen molar-refractivity contribution in [3.8, 4) is 0 Å². The van der Waals surface area contributed by atoms with Crippen LogP contribution in [0.2, 0.25) is 4.34 Å². The summed E-state index contributed by atoms with van der Waals surface area (Å²) in [4.78, 5) is 11.0. The average molecular weight is 287 g/mol. The summed E-state index contributed by atoms with van der Waals surface area (Å²) in [6.07, 6.45) is 0.506. The lowest BCUT2D eigenvalue weighted by atomic mass is 10.4. The molecule has 0 spiro atoms. The number of rotatable bonds is 3. The number of benzene rings is 1. The predicted octanol–water partition coefficient (Wildman–Crippen LogP) is 3.05. The van der Waals surface area contributed by atoms with Crippen molar-refractivity contribution in [2.24, 2.45) is 0 Å². The van der Waals surface area contributed by atoms with E-state index in [2.05, 4.69) is 0 Å². The normalized spacial score (nSPS) is 11.4. The highest BCUT2D eigenvalue weighted by Gasteiger charge is 2.23. The first kappa shape index (κ1) is 12.3. The first-order valence-corrected chi connectivity index (χ1v) is 7.28. The van der Waals surface area contributed by atoms with Gasteiger partial charge in [-0.2, -0.15) is 0 Å². The SMILES string of the molecule is O=Cc1sc(Cl)cc1S(=O)(=O)c1ccccc1. The first-order chi connectivity index (χ1) is 8.05. The van der Waals surface area contributed by atoms with Crippen LogP contribution in [-0.2, 0) is 9.84 Å². The van der Waals surface area contributed by atoms with Gasteiger partial charge in [0.2, 0.25) is 9.84 Å². The smallest absolute Gasteiger partial charge is 0.208 e. The maximum absolute atomic E-state index is 12.2. The molecule has 6 heteroatoms. The van der Waals surface area contributed by atoms with Gasteiger partial charge in [-0.3, -0.25) is 4.79 Å². The zero-order valence-corrected chi connectivity index (χ0v) is 10.8. The van der Waals surface area contributed by atoms with Gasteiger partial charge in [-0.15, -0.1) is 11.3 Å². The van der Waals surface area contributed by atoms with Crippen LogP contribution in [0, 0.1) is 0 Å². The monoisotopic (exact) mass is 286 g/mol. The summed E-state index contributed by atoms with van der Waals surface area (Å²) in [6.45, 7) is 0. The van der Waals surface area contributed by atoms with Crippen LogP contribution in [0.3, 0.4) is 0 Å². The first-order valence-electron chi connectivity index (χ1n) is 4.60. The van der Waals surface area contributed by atoms with Crippen LogP contribution >= 0.6 is 22.9 Å². The van der Waals surface area contributed by atoms with Crippen molar-refractivity contribution in [1.82, 2.24) is 0 Å². The van der Waals surface area contributed by atoms with Gasteiger partial charge in [-0.25, -0.2) is 8.42 Å². The molecule has 17 heavy (non-hydrogen) atoms. The molecule has 0 radical (unpaired) electrons. The Morgan fingerprint density at radius 3 is 2.41 bits per heavy atom. The summed E-state index contributed by atoms with van der Waals surface area (Å²) in [5.41, 5.74) is 0. The second kappa shape index (κ2) is 4.60. The van der Waals surface area contributed by atoms with Crippen LogP contribution in [0.25, 0.3) is 0 Å². The summed E-state index contributed by atoms with van der Waals surface area (Å²) in [6, 6.07) is 9.24. The zero-order valence-electron chi connectivity index (χ0n) is 8.46. The van der Waals surface area contributed by atoms with Crippen molar-refractivity contribution in [1.29, 1.82) is 0 Å². The molecule has 0 saturated heterocycles. The third-order valence-electron chi connectivity index (χ3n) is 2.14. The lowest BCUT2D eigenvalue weighted by Crippen LogP contribution is -2.02. The maximum Gasteiger partial charge on any atom is 0.208 e. The minimum Gasteiger partial charge on any atom is -0.297 e. The lowest BCUT2D eigenvalue weighted by molar-refractivity contribution is 0.112. The van der Waals surface area contributed by atoms with Gasteiger partial charge in [-0.1, -0.05) is 29.8 Å². The summed E-state index contributed by atoms with van der Waals surface area (Å²) in [5.74, 6) is 0. The number of halogens is 1. The van der Waals surface area contributed by atoms with Gasteiger partial charge in [-0.05, 0) is 18.2 Å². The largest absolute Gasteiger partial charge is 0.297 e. The van der Waals surface area contributed by atoms with Gasteiger partial charge >= 0.3 is 0 Å². The molecular weight excluding hydrogens is 280 g/mol. The number of hydrogen-bond donors (Lipinski definition) is 0. The van der Waals surface area contributed by atoms with Crippen molar-refractivity contribution >= 4 is 39.1 Å². The zero-order chi connectivity index (χ0) is 12.5. The highest BCUT2D eigenvalue weighted by molar-refractivity contribution is 7.91. The molecule has 0 aliphatic carbocycles. The van der Waals surface area contributed by atoms with E-state index in [1.807, 2.05) is 0 Å². The molecule has 0 fully saturated rings. The minimum absolute atomic E-state index is 0.0336. The van der Waals surface area contributed by atoms with Crippen LogP contribution in [-0.4, -0.2) is 14.7 Å². The molecule has 0 N–H and O–H groups in total. The third-order valence-corrected chi connectivity index (χ3v) is 5.27. The Hall–Kier alpha value is -1.17. The fraction of sp³-hybridized carbons (Fsp3) is 0. The van der Waals surface area contributed by atoms with Gasteiger partial charge in [0, 0.05) is 0 Å². The molecule has 1 aromatic carbocycles. The lowest BCUT2D eigenvalue weighted by Gasteiger charge is -2.02. The summed E-state index contributed by atoms with van der Waals surface area (Å²) >= 11 is 6.69. The van der Waals surface area contributed by atoms with E-state index in [1.165, 1.54) is 18.2 Å². The molecule has 0 atom stereocenters. The van der Waals surface area contributed by atoms with E-state index in [4.69, 9.17) is 11.6 Å². The minimum atomic E-state index is -3.67. The Morgan fingerprint density at radius 1 is 1.18 bits per heavy atom. The number of sulfone groups is 1. The summed E-state index contributed by atoms with van der Waals surface area (Å²) in [5, 5.41) is 0. The standard InChI is InChI=1S/C11H7ClO3S2/c12-11-6-10(9(7-13)16-11)17(14,15)8-4-2-1-3-5-8/h1-7H. The molecule has 1 heterocycles. The summed E-state index contributed by atoms with van der Waals surface area (Å²) < 4.78 is 24.7. The molecule has 2 aromatic rings. The number of carbonyl (C=O) groups is 1. The van der Waals surface area contributed by atoms with Gasteiger partial charge in [0.05, 0.1) is 19.0 Å². The van der Waals surface area contributed by atoms with E-state index >= 15 is 0 Å². The number of carbonyl (C=O) groups excluding carboxylic acids is 1. The molecular formula is C11H7ClO3S2. The molecule has 88 valence electrons. The molecule has 0 saturated carbocycles.